The molecule has 1 N–H and O–H groups in total. The number of carboxylic acids is 1. The van der Waals surface area contributed by atoms with Crippen molar-refractivity contribution in [1.82, 2.24) is 4.90 Å². The van der Waals surface area contributed by atoms with Gasteiger partial charge >= 0.3 is 5.97 Å². The van der Waals surface area contributed by atoms with Crippen molar-refractivity contribution in [3.05, 3.63) is 34.3 Å². The second kappa shape index (κ2) is 6.34. The second-order valence-corrected chi connectivity index (χ2v) is 5.87. The van der Waals surface area contributed by atoms with E-state index in [1.807, 2.05) is 6.07 Å². The maximum atomic E-state index is 10.5. The Balaban J connectivity index is 1.80. The van der Waals surface area contributed by atoms with Crippen molar-refractivity contribution in [1.29, 1.82) is 0 Å². The third kappa shape index (κ3) is 4.10. The van der Waals surface area contributed by atoms with Gasteiger partial charge < -0.3 is 5.11 Å². The average molecular weight is 312 g/mol. The van der Waals surface area contributed by atoms with E-state index in [1.54, 1.807) is 0 Å². The Morgan fingerprint density at radius 3 is 3.06 bits per heavy atom. The van der Waals surface area contributed by atoms with Gasteiger partial charge in [0.05, 0.1) is 0 Å². The zero-order chi connectivity index (χ0) is 13.0. The van der Waals surface area contributed by atoms with Gasteiger partial charge in [0.25, 0.3) is 0 Å². The molecule has 0 spiro atoms. The first-order chi connectivity index (χ1) is 8.63. The van der Waals surface area contributed by atoms with E-state index in [2.05, 4.69) is 39.0 Å². The average Bonchev–Trinajstić information content (AvgIpc) is 2.74. The van der Waals surface area contributed by atoms with Crippen LogP contribution in [-0.2, 0) is 11.3 Å². The lowest BCUT2D eigenvalue weighted by Gasteiger charge is -2.16. The van der Waals surface area contributed by atoms with Crippen molar-refractivity contribution < 1.29 is 9.90 Å². The lowest BCUT2D eigenvalue weighted by Crippen LogP contribution is -2.20. The van der Waals surface area contributed by atoms with Gasteiger partial charge in [-0.2, -0.15) is 0 Å². The number of hydrogen-bond acceptors (Lipinski definition) is 2. The van der Waals surface area contributed by atoms with E-state index in [0.717, 1.165) is 36.9 Å². The van der Waals surface area contributed by atoms with Gasteiger partial charge in [-0.05, 0) is 43.0 Å². The van der Waals surface area contributed by atoms with Crippen LogP contribution in [0.4, 0.5) is 0 Å². The van der Waals surface area contributed by atoms with Crippen molar-refractivity contribution in [3.8, 4) is 0 Å². The van der Waals surface area contributed by atoms with Crippen LogP contribution < -0.4 is 0 Å². The fourth-order valence-corrected chi connectivity index (χ4v) is 2.96. The van der Waals surface area contributed by atoms with Crippen LogP contribution in [0.15, 0.2) is 28.7 Å². The molecule has 0 radical (unpaired) electrons. The molecule has 18 heavy (non-hydrogen) atoms. The summed E-state index contributed by atoms with van der Waals surface area (Å²) in [6.45, 7) is 3.07. The molecule has 1 aromatic rings. The molecule has 0 bridgehead atoms. The third-order valence-electron chi connectivity index (χ3n) is 3.43. The number of benzene rings is 1. The number of likely N-dealkylation sites (tertiary alicyclic amines) is 1. The molecule has 0 aromatic heterocycles. The van der Waals surface area contributed by atoms with Crippen LogP contribution in [0.3, 0.4) is 0 Å². The molecule has 0 amide bonds. The molecular formula is C14H18BrNO2. The predicted octanol–water partition coefficient (Wildman–Crippen LogP) is 3.14. The lowest BCUT2D eigenvalue weighted by molar-refractivity contribution is -0.137. The Hall–Kier alpha value is -0.870. The summed E-state index contributed by atoms with van der Waals surface area (Å²) in [5.74, 6) is -0.131. The summed E-state index contributed by atoms with van der Waals surface area (Å²) in [5, 5.41) is 8.69. The normalized spacial score (nSPS) is 20.2. The van der Waals surface area contributed by atoms with Crippen molar-refractivity contribution in [2.75, 3.05) is 13.1 Å². The monoisotopic (exact) mass is 311 g/mol. The van der Waals surface area contributed by atoms with E-state index in [1.165, 1.54) is 5.56 Å². The molecule has 0 aliphatic carbocycles. The van der Waals surface area contributed by atoms with Gasteiger partial charge in [0, 0.05) is 24.0 Å². The van der Waals surface area contributed by atoms with E-state index in [9.17, 15) is 4.79 Å². The minimum absolute atomic E-state index is 0.301. The lowest BCUT2D eigenvalue weighted by atomic mass is 10.0. The largest absolute Gasteiger partial charge is 0.481 e. The van der Waals surface area contributed by atoms with Crippen molar-refractivity contribution >= 4 is 21.9 Å². The minimum Gasteiger partial charge on any atom is -0.481 e. The van der Waals surface area contributed by atoms with E-state index in [-0.39, 0.29) is 0 Å². The number of nitrogens with zero attached hydrogens (tertiary/aromatic N) is 1. The van der Waals surface area contributed by atoms with Crippen LogP contribution in [-0.4, -0.2) is 29.1 Å². The van der Waals surface area contributed by atoms with Gasteiger partial charge in [-0.25, -0.2) is 0 Å². The third-order valence-corrected chi connectivity index (χ3v) is 3.92. The molecule has 98 valence electrons. The zero-order valence-electron chi connectivity index (χ0n) is 10.3. The summed E-state index contributed by atoms with van der Waals surface area (Å²) in [4.78, 5) is 13.0. The first-order valence-electron chi connectivity index (χ1n) is 6.32. The highest BCUT2D eigenvalue weighted by Gasteiger charge is 2.22. The maximum absolute atomic E-state index is 10.5. The number of halogens is 1. The molecule has 1 aliphatic rings. The van der Waals surface area contributed by atoms with Crippen LogP contribution in [0.1, 0.15) is 24.8 Å². The fraction of sp³-hybridized carbons (Fsp3) is 0.500. The number of hydrogen-bond donors (Lipinski definition) is 1. The van der Waals surface area contributed by atoms with Crippen LogP contribution in [0.2, 0.25) is 0 Å². The summed E-state index contributed by atoms with van der Waals surface area (Å²) in [6.07, 6.45) is 2.24. The van der Waals surface area contributed by atoms with Gasteiger partial charge in [-0.1, -0.05) is 28.1 Å². The summed E-state index contributed by atoms with van der Waals surface area (Å²) < 4.78 is 1.11. The molecule has 4 heteroatoms. The van der Waals surface area contributed by atoms with Gasteiger partial charge in [0.2, 0.25) is 0 Å². The molecule has 1 fully saturated rings. The Bertz CT molecular complexity index is 422. The first-order valence-corrected chi connectivity index (χ1v) is 7.11. The maximum Gasteiger partial charge on any atom is 0.303 e. The van der Waals surface area contributed by atoms with Crippen molar-refractivity contribution in [2.24, 2.45) is 5.92 Å². The van der Waals surface area contributed by atoms with E-state index >= 15 is 0 Å². The topological polar surface area (TPSA) is 40.5 Å². The van der Waals surface area contributed by atoms with E-state index < -0.39 is 5.97 Å². The predicted molar refractivity (Wildman–Crippen MR) is 74.4 cm³/mol. The molecule has 1 heterocycles. The van der Waals surface area contributed by atoms with Gasteiger partial charge in [-0.15, -0.1) is 0 Å². The molecule has 1 atom stereocenters. The minimum atomic E-state index is -0.680. The van der Waals surface area contributed by atoms with Gasteiger partial charge in [0.1, 0.15) is 0 Å². The summed E-state index contributed by atoms with van der Waals surface area (Å²) in [6, 6.07) is 8.36. The molecule has 1 aliphatic heterocycles. The number of rotatable bonds is 5. The first kappa shape index (κ1) is 13.6. The zero-order valence-corrected chi connectivity index (χ0v) is 11.9. The number of aliphatic carboxylic acids is 1. The number of carbonyl (C=O) groups is 1. The standard InChI is InChI=1S/C14H18BrNO2/c15-13-3-1-2-12(8-13)10-16-7-6-11(9-16)4-5-14(17)18/h1-3,8,11H,4-7,9-10H2,(H,17,18). The van der Waals surface area contributed by atoms with Gasteiger partial charge in [-0.3, -0.25) is 9.69 Å². The van der Waals surface area contributed by atoms with E-state index in [4.69, 9.17) is 5.11 Å². The highest BCUT2D eigenvalue weighted by Crippen LogP contribution is 2.23. The van der Waals surface area contributed by atoms with Crippen LogP contribution in [0.5, 0.6) is 0 Å². The Morgan fingerprint density at radius 1 is 1.50 bits per heavy atom. The van der Waals surface area contributed by atoms with Gasteiger partial charge in [0.15, 0.2) is 0 Å². The SMILES string of the molecule is O=C(O)CCC1CCN(Cc2cccc(Br)c2)C1. The number of carboxylic acid groups (broad SMARTS) is 1. The molecule has 1 aromatic carbocycles. The Labute approximate surface area is 116 Å². The quantitative estimate of drug-likeness (QED) is 0.908. The summed E-state index contributed by atoms with van der Waals surface area (Å²) >= 11 is 3.48. The van der Waals surface area contributed by atoms with Crippen LogP contribution in [0.25, 0.3) is 0 Å². The highest BCUT2D eigenvalue weighted by molar-refractivity contribution is 9.10. The summed E-state index contributed by atoms with van der Waals surface area (Å²) in [5.41, 5.74) is 1.31. The van der Waals surface area contributed by atoms with Crippen LogP contribution >= 0.6 is 15.9 Å². The fourth-order valence-electron chi connectivity index (χ4n) is 2.51. The second-order valence-electron chi connectivity index (χ2n) is 4.95. The van der Waals surface area contributed by atoms with E-state index in [0.29, 0.717) is 12.3 Å². The molecular weight excluding hydrogens is 294 g/mol. The molecule has 1 saturated heterocycles. The Kier molecular flexibility index (Phi) is 4.78. The summed E-state index contributed by atoms with van der Waals surface area (Å²) in [7, 11) is 0. The molecule has 1 unspecified atom stereocenters. The molecule has 3 nitrogen and oxygen atoms in total. The molecule has 2 rings (SSSR count). The molecule has 0 saturated carbocycles. The van der Waals surface area contributed by atoms with Crippen LogP contribution in [0, 0.1) is 5.92 Å². The highest BCUT2D eigenvalue weighted by atomic mass is 79.9. The Morgan fingerprint density at radius 2 is 2.33 bits per heavy atom. The smallest absolute Gasteiger partial charge is 0.303 e. The van der Waals surface area contributed by atoms with Crippen molar-refractivity contribution in [2.45, 2.75) is 25.8 Å². The van der Waals surface area contributed by atoms with Crippen molar-refractivity contribution in [3.63, 3.8) is 0 Å².